The van der Waals surface area contributed by atoms with Crippen molar-refractivity contribution in [2.75, 3.05) is 40.5 Å². The summed E-state index contributed by atoms with van der Waals surface area (Å²) < 4.78 is 15.3. The standard InChI is InChI=1S/C14H27NO5/c1-11(9-18-2)20-10-12(16)8-15-7-5-4-6-13(15)14(17)19-3/h11-13,16H,4-10H2,1-3H3. The Morgan fingerprint density at radius 1 is 1.35 bits per heavy atom. The molecule has 0 radical (unpaired) electrons. The van der Waals surface area contributed by atoms with Gasteiger partial charge < -0.3 is 19.3 Å². The Morgan fingerprint density at radius 3 is 2.75 bits per heavy atom. The molecule has 1 rings (SSSR count). The number of nitrogens with zero attached hydrogens (tertiary/aromatic N) is 1. The Morgan fingerprint density at radius 2 is 2.10 bits per heavy atom. The average Bonchev–Trinajstić information content (AvgIpc) is 2.45. The largest absolute Gasteiger partial charge is 0.468 e. The minimum Gasteiger partial charge on any atom is -0.468 e. The molecule has 3 atom stereocenters. The van der Waals surface area contributed by atoms with Gasteiger partial charge in [-0.3, -0.25) is 9.69 Å². The number of hydrogen-bond donors (Lipinski definition) is 1. The maximum atomic E-state index is 11.7. The fourth-order valence-corrected chi connectivity index (χ4v) is 2.49. The predicted molar refractivity (Wildman–Crippen MR) is 74.5 cm³/mol. The van der Waals surface area contributed by atoms with Crippen LogP contribution in [0.4, 0.5) is 0 Å². The fourth-order valence-electron chi connectivity index (χ4n) is 2.49. The van der Waals surface area contributed by atoms with E-state index < -0.39 is 6.10 Å². The topological polar surface area (TPSA) is 68.2 Å². The van der Waals surface area contributed by atoms with Crippen molar-refractivity contribution in [2.24, 2.45) is 0 Å². The zero-order valence-corrected chi connectivity index (χ0v) is 12.7. The van der Waals surface area contributed by atoms with Crippen molar-refractivity contribution in [1.82, 2.24) is 4.90 Å². The Bertz CT molecular complexity index is 287. The summed E-state index contributed by atoms with van der Waals surface area (Å²) in [6.45, 7) is 3.88. The number of hydrogen-bond acceptors (Lipinski definition) is 6. The molecule has 0 aromatic rings. The van der Waals surface area contributed by atoms with Gasteiger partial charge in [0.1, 0.15) is 6.04 Å². The van der Waals surface area contributed by atoms with E-state index in [1.54, 1.807) is 7.11 Å². The SMILES string of the molecule is COCC(C)OCC(O)CN1CCCCC1C(=O)OC. The van der Waals surface area contributed by atoms with Gasteiger partial charge in [-0.05, 0) is 26.3 Å². The van der Waals surface area contributed by atoms with Gasteiger partial charge in [-0.25, -0.2) is 0 Å². The first-order valence-corrected chi connectivity index (χ1v) is 7.19. The summed E-state index contributed by atoms with van der Waals surface area (Å²) in [5, 5.41) is 10.0. The third kappa shape index (κ3) is 5.75. The molecule has 0 bridgehead atoms. The van der Waals surface area contributed by atoms with Crippen LogP contribution in [0.25, 0.3) is 0 Å². The van der Waals surface area contributed by atoms with Gasteiger partial charge in [0.05, 0.1) is 32.5 Å². The second-order valence-corrected chi connectivity index (χ2v) is 5.28. The minimum atomic E-state index is -0.612. The van der Waals surface area contributed by atoms with Crippen molar-refractivity contribution in [3.63, 3.8) is 0 Å². The van der Waals surface area contributed by atoms with Gasteiger partial charge in [-0.15, -0.1) is 0 Å². The first-order valence-electron chi connectivity index (χ1n) is 7.19. The first kappa shape index (κ1) is 17.4. The maximum Gasteiger partial charge on any atom is 0.323 e. The van der Waals surface area contributed by atoms with Gasteiger partial charge >= 0.3 is 5.97 Å². The molecule has 20 heavy (non-hydrogen) atoms. The lowest BCUT2D eigenvalue weighted by atomic mass is 10.0. The van der Waals surface area contributed by atoms with Crippen LogP contribution in [-0.4, -0.2) is 74.7 Å². The molecule has 0 aromatic heterocycles. The number of piperidine rings is 1. The number of aliphatic hydroxyl groups is 1. The third-order valence-corrected chi connectivity index (χ3v) is 3.51. The number of carbonyl (C=O) groups is 1. The highest BCUT2D eigenvalue weighted by molar-refractivity contribution is 5.75. The molecule has 1 saturated heterocycles. The van der Waals surface area contributed by atoms with Crippen LogP contribution in [0, 0.1) is 0 Å². The molecule has 1 aliphatic rings. The summed E-state index contributed by atoms with van der Waals surface area (Å²) in [5.41, 5.74) is 0. The van der Waals surface area contributed by atoms with Gasteiger partial charge in [0.2, 0.25) is 0 Å². The van der Waals surface area contributed by atoms with Crippen molar-refractivity contribution in [2.45, 2.75) is 44.4 Å². The Labute approximate surface area is 121 Å². The summed E-state index contributed by atoms with van der Waals surface area (Å²) in [7, 11) is 3.02. The summed E-state index contributed by atoms with van der Waals surface area (Å²) in [4.78, 5) is 13.7. The molecule has 1 N–H and O–H groups in total. The molecule has 0 aliphatic carbocycles. The average molecular weight is 289 g/mol. The second kappa shape index (κ2) is 9.28. The molecular formula is C14H27NO5. The van der Waals surface area contributed by atoms with Crippen molar-refractivity contribution >= 4 is 5.97 Å². The highest BCUT2D eigenvalue weighted by atomic mass is 16.5. The minimum absolute atomic E-state index is 0.0487. The monoisotopic (exact) mass is 289 g/mol. The van der Waals surface area contributed by atoms with Crippen molar-refractivity contribution in [3.8, 4) is 0 Å². The van der Waals surface area contributed by atoms with Crippen LogP contribution >= 0.6 is 0 Å². The smallest absolute Gasteiger partial charge is 0.323 e. The van der Waals surface area contributed by atoms with Gasteiger partial charge in [0, 0.05) is 13.7 Å². The molecule has 3 unspecified atom stereocenters. The Kier molecular flexibility index (Phi) is 8.06. The van der Waals surface area contributed by atoms with E-state index in [0.717, 1.165) is 25.8 Å². The van der Waals surface area contributed by atoms with Crippen molar-refractivity contribution in [1.29, 1.82) is 0 Å². The van der Waals surface area contributed by atoms with Crippen LogP contribution in [0.2, 0.25) is 0 Å². The lowest BCUT2D eigenvalue weighted by molar-refractivity contribution is -0.149. The summed E-state index contributed by atoms with van der Waals surface area (Å²) in [5.74, 6) is -0.217. The number of aliphatic hydroxyl groups excluding tert-OH is 1. The van der Waals surface area contributed by atoms with E-state index in [2.05, 4.69) is 0 Å². The van der Waals surface area contributed by atoms with Gasteiger partial charge in [-0.2, -0.15) is 0 Å². The number of ether oxygens (including phenoxy) is 3. The molecule has 1 heterocycles. The normalized spacial score (nSPS) is 23.3. The molecule has 6 heteroatoms. The van der Waals surface area contributed by atoms with E-state index in [1.807, 2.05) is 11.8 Å². The number of carbonyl (C=O) groups excluding carboxylic acids is 1. The summed E-state index contributed by atoms with van der Waals surface area (Å²) in [6.07, 6.45) is 2.20. The fraction of sp³-hybridized carbons (Fsp3) is 0.929. The number of esters is 1. The van der Waals surface area contributed by atoms with E-state index in [1.165, 1.54) is 7.11 Å². The van der Waals surface area contributed by atoms with E-state index in [-0.39, 0.29) is 24.7 Å². The molecule has 118 valence electrons. The Balaban J connectivity index is 2.37. The molecule has 6 nitrogen and oxygen atoms in total. The van der Waals surface area contributed by atoms with Crippen molar-refractivity contribution in [3.05, 3.63) is 0 Å². The van der Waals surface area contributed by atoms with Crippen LogP contribution in [0.3, 0.4) is 0 Å². The molecule has 0 amide bonds. The van der Waals surface area contributed by atoms with E-state index in [0.29, 0.717) is 13.2 Å². The summed E-state index contributed by atoms with van der Waals surface area (Å²) in [6, 6.07) is -0.236. The second-order valence-electron chi connectivity index (χ2n) is 5.28. The molecular weight excluding hydrogens is 262 g/mol. The lowest BCUT2D eigenvalue weighted by Gasteiger charge is -2.35. The number of methoxy groups -OCH3 is 2. The van der Waals surface area contributed by atoms with E-state index in [9.17, 15) is 9.90 Å². The van der Waals surface area contributed by atoms with E-state index in [4.69, 9.17) is 14.2 Å². The number of likely N-dealkylation sites (tertiary alicyclic amines) is 1. The zero-order valence-electron chi connectivity index (χ0n) is 12.7. The van der Waals surface area contributed by atoms with Crippen molar-refractivity contribution < 1.29 is 24.1 Å². The number of rotatable bonds is 8. The van der Waals surface area contributed by atoms with Crippen LogP contribution in [0.1, 0.15) is 26.2 Å². The molecule has 1 fully saturated rings. The third-order valence-electron chi connectivity index (χ3n) is 3.51. The molecule has 0 aromatic carbocycles. The van der Waals surface area contributed by atoms with Gasteiger partial charge in [0.25, 0.3) is 0 Å². The highest BCUT2D eigenvalue weighted by Gasteiger charge is 2.30. The predicted octanol–water partition coefficient (Wildman–Crippen LogP) is 0.426. The van der Waals surface area contributed by atoms with Crippen LogP contribution in [0.5, 0.6) is 0 Å². The van der Waals surface area contributed by atoms with Crippen LogP contribution in [-0.2, 0) is 19.0 Å². The van der Waals surface area contributed by atoms with Gasteiger partial charge in [-0.1, -0.05) is 6.42 Å². The molecule has 0 spiro atoms. The lowest BCUT2D eigenvalue weighted by Crippen LogP contribution is -2.49. The molecule has 1 aliphatic heterocycles. The number of β-amino-alcohol motifs (C(OH)–C–C–N with tert-alkyl or cyclic N) is 1. The van der Waals surface area contributed by atoms with E-state index >= 15 is 0 Å². The quantitative estimate of drug-likeness (QED) is 0.653. The summed E-state index contributed by atoms with van der Waals surface area (Å²) >= 11 is 0. The zero-order chi connectivity index (χ0) is 15.0. The Hall–Kier alpha value is -0.690. The first-order chi connectivity index (χ1) is 9.58. The molecule has 0 saturated carbocycles. The highest BCUT2D eigenvalue weighted by Crippen LogP contribution is 2.18. The van der Waals surface area contributed by atoms with Crippen LogP contribution < -0.4 is 0 Å². The van der Waals surface area contributed by atoms with Crippen LogP contribution in [0.15, 0.2) is 0 Å². The van der Waals surface area contributed by atoms with Gasteiger partial charge in [0.15, 0.2) is 0 Å². The maximum absolute atomic E-state index is 11.7.